The van der Waals surface area contributed by atoms with Crippen molar-refractivity contribution >= 4 is 16.5 Å². The molecular formula is C8H13N3S. The fourth-order valence-electron chi connectivity index (χ4n) is 1.48. The maximum absolute atomic E-state index is 4.29. The molecule has 1 aromatic heterocycles. The lowest BCUT2D eigenvalue weighted by molar-refractivity contribution is 0.484. The van der Waals surface area contributed by atoms with Crippen LogP contribution in [0.5, 0.6) is 0 Å². The van der Waals surface area contributed by atoms with Gasteiger partial charge in [0.15, 0.2) is 5.13 Å². The van der Waals surface area contributed by atoms with Crippen LogP contribution in [-0.4, -0.2) is 30.7 Å². The van der Waals surface area contributed by atoms with Gasteiger partial charge in [-0.2, -0.15) is 0 Å². The molecule has 4 heteroatoms. The van der Waals surface area contributed by atoms with Gasteiger partial charge in [0.25, 0.3) is 0 Å². The maximum atomic E-state index is 4.29. The van der Waals surface area contributed by atoms with Crippen LogP contribution in [0.15, 0.2) is 11.6 Å². The van der Waals surface area contributed by atoms with E-state index in [2.05, 4.69) is 22.1 Å². The Bertz CT molecular complexity index is 234. The third-order valence-corrected chi connectivity index (χ3v) is 2.89. The number of hydrogen-bond donors (Lipinski definition) is 1. The number of rotatable bonds is 1. The first-order chi connectivity index (χ1) is 5.86. The molecule has 0 aliphatic carbocycles. The van der Waals surface area contributed by atoms with E-state index in [0.29, 0.717) is 6.04 Å². The number of nitrogens with one attached hydrogen (secondary N) is 1. The number of aromatic nitrogens is 1. The first kappa shape index (κ1) is 8.01. The smallest absolute Gasteiger partial charge is 0.185 e. The Kier molecular flexibility index (Phi) is 2.28. The molecule has 2 heterocycles. The van der Waals surface area contributed by atoms with Crippen LogP contribution in [0.25, 0.3) is 0 Å². The summed E-state index contributed by atoms with van der Waals surface area (Å²) < 4.78 is 0. The Morgan fingerprint density at radius 1 is 1.75 bits per heavy atom. The predicted molar refractivity (Wildman–Crippen MR) is 51.8 cm³/mol. The van der Waals surface area contributed by atoms with E-state index < -0.39 is 0 Å². The van der Waals surface area contributed by atoms with Gasteiger partial charge < -0.3 is 10.2 Å². The summed E-state index contributed by atoms with van der Waals surface area (Å²) in [5, 5.41) is 6.59. The molecule has 0 amide bonds. The van der Waals surface area contributed by atoms with E-state index >= 15 is 0 Å². The van der Waals surface area contributed by atoms with Crippen LogP contribution in [0, 0.1) is 0 Å². The van der Waals surface area contributed by atoms with E-state index in [-0.39, 0.29) is 0 Å². The average Bonchev–Trinajstić information content (AvgIpc) is 2.56. The molecule has 0 saturated carbocycles. The second-order valence-corrected chi connectivity index (χ2v) is 3.99. The molecule has 0 aromatic carbocycles. The fraction of sp³-hybridized carbons (Fsp3) is 0.625. The van der Waals surface area contributed by atoms with E-state index in [1.54, 1.807) is 11.3 Å². The molecule has 3 nitrogen and oxygen atoms in total. The zero-order valence-electron chi connectivity index (χ0n) is 7.16. The van der Waals surface area contributed by atoms with Gasteiger partial charge in [-0.25, -0.2) is 4.98 Å². The minimum absolute atomic E-state index is 0.586. The lowest BCUT2D eigenvalue weighted by atomic mass is 10.2. The lowest BCUT2D eigenvalue weighted by Gasteiger charge is -2.31. The fourth-order valence-corrected chi connectivity index (χ4v) is 2.16. The number of piperazine rings is 1. The van der Waals surface area contributed by atoms with Gasteiger partial charge in [-0.1, -0.05) is 0 Å². The summed E-state index contributed by atoms with van der Waals surface area (Å²) in [6.07, 6.45) is 1.87. The Morgan fingerprint density at radius 2 is 2.67 bits per heavy atom. The molecule has 66 valence electrons. The number of thiazole rings is 1. The zero-order chi connectivity index (χ0) is 8.39. The van der Waals surface area contributed by atoms with Crippen LogP contribution in [0.2, 0.25) is 0 Å². The minimum atomic E-state index is 0.586. The molecule has 0 radical (unpaired) electrons. The van der Waals surface area contributed by atoms with Gasteiger partial charge in [-0.15, -0.1) is 11.3 Å². The molecule has 0 unspecified atom stereocenters. The molecule has 1 aromatic rings. The molecule has 1 atom stereocenters. The second kappa shape index (κ2) is 3.41. The molecular weight excluding hydrogens is 170 g/mol. The Labute approximate surface area is 76.4 Å². The van der Waals surface area contributed by atoms with Crippen LogP contribution in [0.4, 0.5) is 5.13 Å². The topological polar surface area (TPSA) is 28.2 Å². The molecule has 1 aliphatic heterocycles. The van der Waals surface area contributed by atoms with Crippen LogP contribution < -0.4 is 10.2 Å². The second-order valence-electron chi connectivity index (χ2n) is 3.12. The normalized spacial score (nSPS) is 24.4. The molecule has 2 rings (SSSR count). The van der Waals surface area contributed by atoms with Crippen LogP contribution >= 0.6 is 11.3 Å². The first-order valence-corrected chi connectivity index (χ1v) is 5.12. The summed E-state index contributed by atoms with van der Waals surface area (Å²) in [6.45, 7) is 5.44. The van der Waals surface area contributed by atoms with E-state index in [0.717, 1.165) is 24.8 Å². The van der Waals surface area contributed by atoms with Gasteiger partial charge in [0, 0.05) is 37.3 Å². The van der Waals surface area contributed by atoms with Gasteiger partial charge in [0.05, 0.1) is 0 Å². The highest BCUT2D eigenvalue weighted by atomic mass is 32.1. The standard InChI is InChI=1S/C8H13N3S/c1-7-6-11(4-2-9-7)8-10-3-5-12-8/h3,5,7,9H,2,4,6H2,1H3/t7-/m0/s1. The highest BCUT2D eigenvalue weighted by Crippen LogP contribution is 2.18. The van der Waals surface area contributed by atoms with Gasteiger partial charge >= 0.3 is 0 Å². The molecule has 12 heavy (non-hydrogen) atoms. The predicted octanol–water partition coefficient (Wildman–Crippen LogP) is 0.941. The molecule has 1 fully saturated rings. The molecule has 0 spiro atoms. The average molecular weight is 183 g/mol. The van der Waals surface area contributed by atoms with Crippen LogP contribution in [-0.2, 0) is 0 Å². The summed E-state index contributed by atoms with van der Waals surface area (Å²) in [4.78, 5) is 6.63. The number of hydrogen-bond acceptors (Lipinski definition) is 4. The van der Waals surface area contributed by atoms with Crippen molar-refractivity contribution in [3.8, 4) is 0 Å². The monoisotopic (exact) mass is 183 g/mol. The molecule has 0 bridgehead atoms. The van der Waals surface area contributed by atoms with Crippen molar-refractivity contribution < 1.29 is 0 Å². The Balaban J connectivity index is 2.04. The minimum Gasteiger partial charge on any atom is -0.345 e. The summed E-state index contributed by atoms with van der Waals surface area (Å²) >= 11 is 1.72. The van der Waals surface area contributed by atoms with Gasteiger partial charge in [0.2, 0.25) is 0 Å². The van der Waals surface area contributed by atoms with Crippen molar-refractivity contribution in [3.05, 3.63) is 11.6 Å². The van der Waals surface area contributed by atoms with Crippen LogP contribution in [0.1, 0.15) is 6.92 Å². The van der Waals surface area contributed by atoms with Crippen molar-refractivity contribution in [3.63, 3.8) is 0 Å². The summed E-state index contributed by atoms with van der Waals surface area (Å²) in [6, 6.07) is 0.586. The van der Waals surface area contributed by atoms with Crippen molar-refractivity contribution in [2.45, 2.75) is 13.0 Å². The molecule has 1 saturated heterocycles. The molecule has 1 N–H and O–H groups in total. The SMILES string of the molecule is C[C@H]1CN(c2nccs2)CCN1. The molecule has 1 aliphatic rings. The number of anilines is 1. The summed E-state index contributed by atoms with van der Waals surface area (Å²) in [5.41, 5.74) is 0. The van der Waals surface area contributed by atoms with Gasteiger partial charge in [-0.05, 0) is 6.92 Å². The summed E-state index contributed by atoms with van der Waals surface area (Å²) in [7, 11) is 0. The quantitative estimate of drug-likeness (QED) is 0.702. The van der Waals surface area contributed by atoms with Crippen molar-refractivity contribution in [1.29, 1.82) is 0 Å². The Morgan fingerprint density at radius 3 is 3.33 bits per heavy atom. The zero-order valence-corrected chi connectivity index (χ0v) is 7.97. The van der Waals surface area contributed by atoms with Crippen molar-refractivity contribution in [1.82, 2.24) is 10.3 Å². The largest absolute Gasteiger partial charge is 0.345 e. The highest BCUT2D eigenvalue weighted by Gasteiger charge is 2.16. The van der Waals surface area contributed by atoms with E-state index in [1.807, 2.05) is 11.6 Å². The van der Waals surface area contributed by atoms with E-state index in [1.165, 1.54) is 0 Å². The number of nitrogens with zero attached hydrogens (tertiary/aromatic N) is 2. The third-order valence-electron chi connectivity index (χ3n) is 2.06. The van der Waals surface area contributed by atoms with Crippen molar-refractivity contribution in [2.24, 2.45) is 0 Å². The third kappa shape index (κ3) is 1.59. The van der Waals surface area contributed by atoms with Crippen molar-refractivity contribution in [2.75, 3.05) is 24.5 Å². The maximum Gasteiger partial charge on any atom is 0.185 e. The van der Waals surface area contributed by atoms with Gasteiger partial charge in [0.1, 0.15) is 0 Å². The lowest BCUT2D eigenvalue weighted by Crippen LogP contribution is -2.49. The van der Waals surface area contributed by atoms with E-state index in [9.17, 15) is 0 Å². The highest BCUT2D eigenvalue weighted by molar-refractivity contribution is 7.13. The summed E-state index contributed by atoms with van der Waals surface area (Å²) in [5.74, 6) is 0. The van der Waals surface area contributed by atoms with Gasteiger partial charge in [-0.3, -0.25) is 0 Å². The Hall–Kier alpha value is -0.610. The van der Waals surface area contributed by atoms with E-state index in [4.69, 9.17) is 0 Å². The van der Waals surface area contributed by atoms with Crippen LogP contribution in [0.3, 0.4) is 0 Å². The first-order valence-electron chi connectivity index (χ1n) is 4.24.